The molecule has 0 aromatic heterocycles. The summed E-state index contributed by atoms with van der Waals surface area (Å²) in [6, 6.07) is 7.22. The van der Waals surface area contributed by atoms with E-state index in [-0.39, 0.29) is 25.5 Å². The fourth-order valence-corrected chi connectivity index (χ4v) is 1.68. The molecular formula is C13H20N2O3. The summed E-state index contributed by atoms with van der Waals surface area (Å²) in [4.78, 5) is 13.4. The minimum Gasteiger partial charge on any atom is -0.399 e. The van der Waals surface area contributed by atoms with Gasteiger partial charge in [0.1, 0.15) is 0 Å². The Balaban J connectivity index is 2.49. The molecule has 1 aromatic carbocycles. The Morgan fingerprint density at radius 2 is 2.28 bits per heavy atom. The molecule has 0 spiro atoms. The number of likely N-dealkylation sites (N-methyl/N-ethyl adjacent to an activating group) is 1. The zero-order valence-electron chi connectivity index (χ0n) is 10.8. The number of benzene rings is 1. The molecule has 1 aromatic rings. The van der Waals surface area contributed by atoms with Gasteiger partial charge in [0, 0.05) is 26.4 Å². The number of aliphatic hydroxyl groups is 1. The lowest BCUT2D eigenvalue weighted by atomic mass is 10.1. The van der Waals surface area contributed by atoms with E-state index < -0.39 is 6.10 Å². The molecule has 0 aliphatic rings. The largest absolute Gasteiger partial charge is 0.399 e. The summed E-state index contributed by atoms with van der Waals surface area (Å²) >= 11 is 0. The second kappa shape index (κ2) is 6.98. The Kier molecular flexibility index (Phi) is 5.61. The number of rotatable bonds is 6. The van der Waals surface area contributed by atoms with Crippen LogP contribution in [-0.4, -0.2) is 49.3 Å². The predicted octanol–water partition coefficient (Wildman–Crippen LogP) is 0.277. The molecule has 18 heavy (non-hydrogen) atoms. The number of anilines is 1. The second-order valence-electron chi connectivity index (χ2n) is 4.31. The van der Waals surface area contributed by atoms with Gasteiger partial charge in [-0.05, 0) is 17.7 Å². The van der Waals surface area contributed by atoms with E-state index in [4.69, 9.17) is 10.5 Å². The van der Waals surface area contributed by atoms with Gasteiger partial charge in [0.05, 0.1) is 19.1 Å². The summed E-state index contributed by atoms with van der Waals surface area (Å²) in [5, 5.41) is 9.54. The molecular weight excluding hydrogens is 232 g/mol. The van der Waals surface area contributed by atoms with Gasteiger partial charge in [-0.25, -0.2) is 0 Å². The first-order valence-corrected chi connectivity index (χ1v) is 5.78. The van der Waals surface area contributed by atoms with Crippen LogP contribution in [0.25, 0.3) is 0 Å². The highest BCUT2D eigenvalue weighted by molar-refractivity contribution is 5.78. The number of hydrogen-bond acceptors (Lipinski definition) is 4. The highest BCUT2D eigenvalue weighted by atomic mass is 16.5. The van der Waals surface area contributed by atoms with E-state index in [0.717, 1.165) is 5.56 Å². The molecule has 100 valence electrons. The summed E-state index contributed by atoms with van der Waals surface area (Å²) < 4.78 is 4.81. The normalized spacial score (nSPS) is 12.2. The minimum absolute atomic E-state index is 0.0595. The van der Waals surface area contributed by atoms with Crippen LogP contribution in [0.4, 0.5) is 5.69 Å². The predicted molar refractivity (Wildman–Crippen MR) is 70.1 cm³/mol. The van der Waals surface area contributed by atoms with Crippen molar-refractivity contribution in [1.29, 1.82) is 0 Å². The molecule has 0 radical (unpaired) electrons. The van der Waals surface area contributed by atoms with Gasteiger partial charge in [-0.3, -0.25) is 4.79 Å². The Hall–Kier alpha value is -1.59. The van der Waals surface area contributed by atoms with Gasteiger partial charge >= 0.3 is 0 Å². The average Bonchev–Trinajstić information content (AvgIpc) is 2.29. The Labute approximate surface area is 107 Å². The lowest BCUT2D eigenvalue weighted by Gasteiger charge is -2.20. The van der Waals surface area contributed by atoms with Crippen molar-refractivity contribution < 1.29 is 14.6 Å². The zero-order valence-corrected chi connectivity index (χ0v) is 10.8. The summed E-state index contributed by atoms with van der Waals surface area (Å²) in [5.41, 5.74) is 7.16. The number of nitrogens with two attached hydrogens (primary N) is 1. The molecule has 0 aliphatic carbocycles. The van der Waals surface area contributed by atoms with Crippen LogP contribution in [0.1, 0.15) is 5.56 Å². The third-order valence-corrected chi connectivity index (χ3v) is 2.58. The van der Waals surface area contributed by atoms with Crippen LogP contribution in [0.3, 0.4) is 0 Å². The number of hydrogen-bond donors (Lipinski definition) is 2. The van der Waals surface area contributed by atoms with Gasteiger partial charge in [-0.1, -0.05) is 12.1 Å². The molecule has 1 atom stereocenters. The lowest BCUT2D eigenvalue weighted by Crippen LogP contribution is -2.37. The molecule has 0 saturated heterocycles. The van der Waals surface area contributed by atoms with Crippen LogP contribution in [0, 0.1) is 0 Å². The molecule has 3 N–H and O–H groups in total. The van der Waals surface area contributed by atoms with Crippen molar-refractivity contribution in [1.82, 2.24) is 4.90 Å². The highest BCUT2D eigenvalue weighted by Gasteiger charge is 2.14. The second-order valence-corrected chi connectivity index (χ2v) is 4.31. The maximum Gasteiger partial charge on any atom is 0.226 e. The van der Waals surface area contributed by atoms with Crippen molar-refractivity contribution in [3.63, 3.8) is 0 Å². The number of methoxy groups -OCH3 is 1. The van der Waals surface area contributed by atoms with Crippen LogP contribution >= 0.6 is 0 Å². The molecule has 0 heterocycles. The minimum atomic E-state index is -0.662. The number of ether oxygens (including phenoxy) is 1. The molecule has 0 saturated carbocycles. The molecule has 0 aliphatic heterocycles. The van der Waals surface area contributed by atoms with Crippen molar-refractivity contribution >= 4 is 11.6 Å². The van der Waals surface area contributed by atoms with Crippen LogP contribution in [0.2, 0.25) is 0 Å². The van der Waals surface area contributed by atoms with Gasteiger partial charge < -0.3 is 20.5 Å². The quantitative estimate of drug-likeness (QED) is 0.713. The van der Waals surface area contributed by atoms with Crippen molar-refractivity contribution in [3.05, 3.63) is 29.8 Å². The average molecular weight is 252 g/mol. The van der Waals surface area contributed by atoms with Gasteiger partial charge in [0.15, 0.2) is 0 Å². The number of carbonyl (C=O) groups excluding carboxylic acids is 1. The molecule has 0 fully saturated rings. The first kappa shape index (κ1) is 14.5. The van der Waals surface area contributed by atoms with Crippen molar-refractivity contribution in [2.75, 3.05) is 33.0 Å². The summed E-state index contributed by atoms with van der Waals surface area (Å²) in [5.74, 6) is -0.0595. The maximum absolute atomic E-state index is 11.9. The number of aliphatic hydroxyl groups excluding tert-OH is 1. The number of nitrogen functional groups attached to an aromatic ring is 1. The van der Waals surface area contributed by atoms with Crippen LogP contribution in [-0.2, 0) is 16.0 Å². The number of nitrogens with zero attached hydrogens (tertiary/aromatic N) is 1. The van der Waals surface area contributed by atoms with Crippen molar-refractivity contribution in [2.24, 2.45) is 0 Å². The smallest absolute Gasteiger partial charge is 0.226 e. The van der Waals surface area contributed by atoms with E-state index in [1.807, 2.05) is 12.1 Å². The van der Waals surface area contributed by atoms with Gasteiger partial charge in [0.25, 0.3) is 0 Å². The fourth-order valence-electron chi connectivity index (χ4n) is 1.68. The van der Waals surface area contributed by atoms with E-state index in [1.54, 1.807) is 19.2 Å². The van der Waals surface area contributed by atoms with Gasteiger partial charge in [-0.15, -0.1) is 0 Å². The first-order chi connectivity index (χ1) is 8.52. The topological polar surface area (TPSA) is 75.8 Å². The molecule has 0 bridgehead atoms. The summed E-state index contributed by atoms with van der Waals surface area (Å²) in [6.07, 6.45) is -0.383. The monoisotopic (exact) mass is 252 g/mol. The lowest BCUT2D eigenvalue weighted by molar-refractivity contribution is -0.130. The van der Waals surface area contributed by atoms with Crippen LogP contribution in [0.15, 0.2) is 24.3 Å². The van der Waals surface area contributed by atoms with Crippen molar-refractivity contribution in [2.45, 2.75) is 12.5 Å². The molecule has 1 rings (SSSR count). The maximum atomic E-state index is 11.9. The van der Waals surface area contributed by atoms with Gasteiger partial charge in [0.2, 0.25) is 5.91 Å². The Morgan fingerprint density at radius 3 is 2.89 bits per heavy atom. The van der Waals surface area contributed by atoms with E-state index in [2.05, 4.69) is 0 Å². The zero-order chi connectivity index (χ0) is 13.5. The van der Waals surface area contributed by atoms with Gasteiger partial charge in [-0.2, -0.15) is 0 Å². The van der Waals surface area contributed by atoms with E-state index in [9.17, 15) is 9.90 Å². The Bertz CT molecular complexity index is 396. The highest BCUT2D eigenvalue weighted by Crippen LogP contribution is 2.08. The standard InChI is InChI=1S/C13H20N2O3/c1-15(8-12(16)9-18-2)13(17)7-10-4-3-5-11(14)6-10/h3-6,12,16H,7-9,14H2,1-2H3. The third-order valence-electron chi connectivity index (χ3n) is 2.58. The molecule has 1 amide bonds. The summed E-state index contributed by atoms with van der Waals surface area (Å²) in [6.45, 7) is 0.477. The number of amides is 1. The fraction of sp³-hybridized carbons (Fsp3) is 0.462. The van der Waals surface area contributed by atoms with E-state index in [0.29, 0.717) is 5.69 Å². The third kappa shape index (κ3) is 4.73. The number of carbonyl (C=O) groups is 1. The van der Waals surface area contributed by atoms with Crippen LogP contribution < -0.4 is 5.73 Å². The van der Waals surface area contributed by atoms with Crippen molar-refractivity contribution in [3.8, 4) is 0 Å². The molecule has 5 heteroatoms. The summed E-state index contributed by atoms with van der Waals surface area (Å²) in [7, 11) is 3.17. The SMILES string of the molecule is COCC(O)CN(C)C(=O)Cc1cccc(N)c1. The molecule has 5 nitrogen and oxygen atoms in total. The first-order valence-electron chi connectivity index (χ1n) is 5.78. The van der Waals surface area contributed by atoms with Crippen LogP contribution in [0.5, 0.6) is 0 Å². The molecule has 1 unspecified atom stereocenters. The van der Waals surface area contributed by atoms with E-state index >= 15 is 0 Å². The van der Waals surface area contributed by atoms with E-state index in [1.165, 1.54) is 12.0 Å². The Morgan fingerprint density at radius 1 is 1.56 bits per heavy atom.